The molecular formula is C16H21ClN2O. The van der Waals surface area contributed by atoms with Gasteiger partial charge >= 0.3 is 0 Å². The van der Waals surface area contributed by atoms with E-state index in [1.807, 2.05) is 31.2 Å². The molecule has 0 aliphatic carbocycles. The topological polar surface area (TPSA) is 34.9 Å². The van der Waals surface area contributed by atoms with Crippen molar-refractivity contribution in [3.05, 3.63) is 40.4 Å². The number of alkyl halides is 1. The van der Waals surface area contributed by atoms with Crippen molar-refractivity contribution in [2.45, 2.75) is 45.5 Å². The standard InChI is InChI=1S/C16H21ClN2O/c1-5-14(10(2)3)19-15(11(4)17)18-13-9-7-6-8-12(13)16(19)20/h6-11,14H,5H2,1-4H3. The van der Waals surface area contributed by atoms with Crippen LogP contribution in [-0.4, -0.2) is 9.55 Å². The zero-order valence-electron chi connectivity index (χ0n) is 12.4. The minimum absolute atomic E-state index is 0.0126. The Bertz CT molecular complexity index is 661. The van der Waals surface area contributed by atoms with Gasteiger partial charge in [0.05, 0.1) is 16.3 Å². The molecule has 0 radical (unpaired) electrons. The number of fused-ring (bicyclic) bond motifs is 1. The van der Waals surface area contributed by atoms with E-state index in [0.29, 0.717) is 17.1 Å². The van der Waals surface area contributed by atoms with E-state index in [0.717, 1.165) is 11.9 Å². The van der Waals surface area contributed by atoms with Gasteiger partial charge in [-0.1, -0.05) is 32.9 Å². The van der Waals surface area contributed by atoms with Gasteiger partial charge in [-0.3, -0.25) is 9.36 Å². The molecule has 2 rings (SSSR count). The van der Waals surface area contributed by atoms with Crippen LogP contribution in [-0.2, 0) is 0 Å². The Morgan fingerprint density at radius 1 is 1.25 bits per heavy atom. The number of hydrogen-bond donors (Lipinski definition) is 0. The fraction of sp³-hybridized carbons (Fsp3) is 0.500. The third kappa shape index (κ3) is 2.59. The van der Waals surface area contributed by atoms with E-state index in [-0.39, 0.29) is 17.0 Å². The van der Waals surface area contributed by atoms with Gasteiger partial charge < -0.3 is 0 Å². The van der Waals surface area contributed by atoms with Gasteiger partial charge in [0, 0.05) is 6.04 Å². The van der Waals surface area contributed by atoms with E-state index in [1.165, 1.54) is 0 Å². The van der Waals surface area contributed by atoms with Crippen LogP contribution in [0.2, 0.25) is 0 Å². The molecule has 0 saturated heterocycles. The molecule has 3 nitrogen and oxygen atoms in total. The predicted molar refractivity (Wildman–Crippen MR) is 84.4 cm³/mol. The summed E-state index contributed by atoms with van der Waals surface area (Å²) in [5, 5.41) is 0.368. The van der Waals surface area contributed by atoms with Crippen LogP contribution in [0.3, 0.4) is 0 Å². The highest BCUT2D eigenvalue weighted by atomic mass is 35.5. The van der Waals surface area contributed by atoms with Crippen LogP contribution in [0.4, 0.5) is 0 Å². The molecule has 2 aromatic rings. The zero-order valence-corrected chi connectivity index (χ0v) is 13.2. The summed E-state index contributed by atoms with van der Waals surface area (Å²) in [5.74, 6) is 1.02. The van der Waals surface area contributed by atoms with Crippen molar-refractivity contribution in [1.82, 2.24) is 9.55 Å². The second kappa shape index (κ2) is 5.96. The Hall–Kier alpha value is -1.35. The molecule has 0 spiro atoms. The van der Waals surface area contributed by atoms with Crippen LogP contribution in [0.25, 0.3) is 10.9 Å². The lowest BCUT2D eigenvalue weighted by Gasteiger charge is -2.26. The molecule has 0 fully saturated rings. The van der Waals surface area contributed by atoms with Crippen molar-refractivity contribution in [2.75, 3.05) is 0 Å². The number of aromatic nitrogens is 2. The summed E-state index contributed by atoms with van der Waals surface area (Å²) in [6.45, 7) is 8.20. The number of nitrogens with zero attached hydrogens (tertiary/aromatic N) is 2. The van der Waals surface area contributed by atoms with Crippen molar-refractivity contribution < 1.29 is 0 Å². The number of para-hydroxylation sites is 1. The maximum Gasteiger partial charge on any atom is 0.261 e. The van der Waals surface area contributed by atoms with Crippen LogP contribution in [0, 0.1) is 5.92 Å². The van der Waals surface area contributed by atoms with Crippen molar-refractivity contribution in [2.24, 2.45) is 5.92 Å². The minimum Gasteiger partial charge on any atom is -0.292 e. The lowest BCUT2D eigenvalue weighted by molar-refractivity contribution is 0.345. The first-order valence-corrected chi connectivity index (χ1v) is 7.56. The normalized spacial score (nSPS) is 14.7. The average Bonchev–Trinajstić information content (AvgIpc) is 2.41. The van der Waals surface area contributed by atoms with E-state index < -0.39 is 0 Å². The molecule has 0 aliphatic rings. The summed E-state index contributed by atoms with van der Waals surface area (Å²) in [5.41, 5.74) is 0.730. The highest BCUT2D eigenvalue weighted by Gasteiger charge is 2.22. The summed E-state index contributed by atoms with van der Waals surface area (Å²) < 4.78 is 1.80. The molecular weight excluding hydrogens is 272 g/mol. The quantitative estimate of drug-likeness (QED) is 0.787. The first kappa shape index (κ1) is 15.0. The summed E-state index contributed by atoms with van der Waals surface area (Å²) in [6, 6.07) is 7.57. The number of hydrogen-bond acceptors (Lipinski definition) is 2. The average molecular weight is 293 g/mol. The molecule has 20 heavy (non-hydrogen) atoms. The smallest absolute Gasteiger partial charge is 0.261 e. The van der Waals surface area contributed by atoms with Crippen molar-refractivity contribution in [3.63, 3.8) is 0 Å². The largest absolute Gasteiger partial charge is 0.292 e. The maximum atomic E-state index is 12.8. The Labute approximate surface area is 124 Å². The van der Waals surface area contributed by atoms with Gasteiger partial charge in [-0.25, -0.2) is 4.98 Å². The van der Waals surface area contributed by atoms with Gasteiger partial charge in [0.25, 0.3) is 5.56 Å². The van der Waals surface area contributed by atoms with Crippen molar-refractivity contribution in [3.8, 4) is 0 Å². The SMILES string of the molecule is CCC(C(C)C)n1c(C(C)Cl)nc2ccccc2c1=O. The highest BCUT2D eigenvalue weighted by Crippen LogP contribution is 2.27. The summed E-state index contributed by atoms with van der Waals surface area (Å²) >= 11 is 6.26. The van der Waals surface area contributed by atoms with E-state index >= 15 is 0 Å². The summed E-state index contributed by atoms with van der Waals surface area (Å²) in [6.07, 6.45) is 0.883. The predicted octanol–water partition coefficient (Wildman–Crippen LogP) is 4.30. The molecule has 0 amide bonds. The van der Waals surface area contributed by atoms with Gasteiger partial charge in [0.1, 0.15) is 5.82 Å². The van der Waals surface area contributed by atoms with Gasteiger partial charge in [-0.05, 0) is 31.4 Å². The zero-order chi connectivity index (χ0) is 14.9. The maximum absolute atomic E-state index is 12.8. The highest BCUT2D eigenvalue weighted by molar-refractivity contribution is 6.20. The van der Waals surface area contributed by atoms with Gasteiger partial charge in [0.15, 0.2) is 0 Å². The van der Waals surface area contributed by atoms with Gasteiger partial charge in [-0.2, -0.15) is 0 Å². The van der Waals surface area contributed by atoms with Crippen LogP contribution >= 0.6 is 11.6 Å². The van der Waals surface area contributed by atoms with Crippen LogP contribution in [0.5, 0.6) is 0 Å². The molecule has 2 unspecified atom stereocenters. The van der Waals surface area contributed by atoms with Crippen LogP contribution in [0.15, 0.2) is 29.1 Å². The third-order valence-electron chi connectivity index (χ3n) is 3.71. The Morgan fingerprint density at radius 3 is 2.45 bits per heavy atom. The van der Waals surface area contributed by atoms with E-state index in [1.54, 1.807) is 4.57 Å². The van der Waals surface area contributed by atoms with Crippen LogP contribution in [0.1, 0.15) is 51.4 Å². The van der Waals surface area contributed by atoms with Gasteiger partial charge in [-0.15, -0.1) is 11.6 Å². The van der Waals surface area contributed by atoms with Crippen molar-refractivity contribution >= 4 is 22.5 Å². The van der Waals surface area contributed by atoms with Crippen LogP contribution < -0.4 is 5.56 Å². The lowest BCUT2D eigenvalue weighted by atomic mass is 10.0. The minimum atomic E-state index is -0.292. The second-order valence-electron chi connectivity index (χ2n) is 5.50. The van der Waals surface area contributed by atoms with Gasteiger partial charge in [0.2, 0.25) is 0 Å². The summed E-state index contributed by atoms with van der Waals surface area (Å²) in [4.78, 5) is 17.4. The molecule has 4 heteroatoms. The molecule has 1 aromatic heterocycles. The van der Waals surface area contributed by atoms with E-state index in [2.05, 4.69) is 25.8 Å². The van der Waals surface area contributed by atoms with E-state index in [4.69, 9.17) is 11.6 Å². The molecule has 0 N–H and O–H groups in total. The second-order valence-corrected chi connectivity index (χ2v) is 6.15. The molecule has 1 aromatic carbocycles. The molecule has 1 heterocycles. The first-order valence-electron chi connectivity index (χ1n) is 7.12. The fourth-order valence-corrected chi connectivity index (χ4v) is 2.87. The monoisotopic (exact) mass is 292 g/mol. The molecule has 0 saturated carbocycles. The summed E-state index contributed by atoms with van der Waals surface area (Å²) in [7, 11) is 0. The number of halogens is 1. The molecule has 108 valence electrons. The lowest BCUT2D eigenvalue weighted by Crippen LogP contribution is -2.31. The number of benzene rings is 1. The first-order chi connectivity index (χ1) is 9.47. The third-order valence-corrected chi connectivity index (χ3v) is 3.91. The Balaban J connectivity index is 2.82. The van der Waals surface area contributed by atoms with Crippen molar-refractivity contribution in [1.29, 1.82) is 0 Å². The Kier molecular flexibility index (Phi) is 4.48. The molecule has 2 atom stereocenters. The molecule has 0 bridgehead atoms. The number of rotatable bonds is 4. The Morgan fingerprint density at radius 2 is 1.90 bits per heavy atom. The molecule has 0 aliphatic heterocycles. The van der Waals surface area contributed by atoms with E-state index in [9.17, 15) is 4.79 Å². The fourth-order valence-electron chi connectivity index (χ4n) is 2.72.